The van der Waals surface area contributed by atoms with Crippen LogP contribution in [0.15, 0.2) is 60.2 Å². The Balaban J connectivity index is 1.53. The van der Waals surface area contributed by atoms with Crippen LogP contribution in [0.4, 0.5) is 10.5 Å². The van der Waals surface area contributed by atoms with Crippen LogP contribution in [0.2, 0.25) is 0 Å². The van der Waals surface area contributed by atoms with Crippen molar-refractivity contribution < 1.29 is 24.5 Å². The summed E-state index contributed by atoms with van der Waals surface area (Å²) in [5.74, 6) is 0.195. The molecule has 0 spiro atoms. The number of urea groups is 1. The lowest BCUT2D eigenvalue weighted by molar-refractivity contribution is -0.0767. The second-order valence-electron chi connectivity index (χ2n) is 14.7. The van der Waals surface area contributed by atoms with E-state index in [0.717, 1.165) is 68.1 Å². The molecule has 4 aliphatic carbocycles. The highest BCUT2D eigenvalue weighted by Gasteiger charge is 2.57. The van der Waals surface area contributed by atoms with Crippen LogP contribution in [0.5, 0.6) is 0 Å². The number of Topliss-reactive ketones (excluding diaryl/α,β-unsaturated/α-hetero) is 1. The van der Waals surface area contributed by atoms with Crippen molar-refractivity contribution in [1.82, 2.24) is 4.90 Å². The monoisotopic (exact) mass is 644 g/mol. The number of carbonyl (C=O) groups is 2. The molecule has 0 aliphatic heterocycles. The van der Waals surface area contributed by atoms with E-state index in [2.05, 4.69) is 43.4 Å². The lowest BCUT2D eigenvalue weighted by Gasteiger charge is -2.46. The number of allylic oxidation sites excluding steroid dienone is 2. The summed E-state index contributed by atoms with van der Waals surface area (Å²) in [4.78, 5) is 29.8. The number of ketones is 1. The topological polar surface area (TPSA) is 99.1 Å². The fraction of sp³-hybridized carbons (Fsp3) is 0.600. The zero-order valence-corrected chi connectivity index (χ0v) is 28.8. The molecule has 0 saturated heterocycles. The summed E-state index contributed by atoms with van der Waals surface area (Å²) in [6.07, 6.45) is 12.4. The van der Waals surface area contributed by atoms with Crippen LogP contribution in [0, 0.1) is 11.3 Å². The van der Waals surface area contributed by atoms with Crippen molar-refractivity contribution in [3.63, 3.8) is 0 Å². The van der Waals surface area contributed by atoms with Crippen molar-refractivity contribution in [2.24, 2.45) is 11.3 Å². The van der Waals surface area contributed by atoms with Crippen molar-refractivity contribution in [3.05, 3.63) is 76.9 Å². The third-order valence-corrected chi connectivity index (χ3v) is 11.5. The Morgan fingerprint density at radius 2 is 1.79 bits per heavy atom. The number of hydrogen-bond donors (Lipinski definition) is 3. The minimum Gasteiger partial charge on any atom is -0.393 e. The first-order valence-electron chi connectivity index (χ1n) is 18.0. The van der Waals surface area contributed by atoms with Crippen LogP contribution in [-0.2, 0) is 11.2 Å². The molecule has 2 fully saturated rings. The molecule has 6 rings (SSSR count). The molecule has 2 aromatic carbocycles. The van der Waals surface area contributed by atoms with E-state index in [9.17, 15) is 19.8 Å². The highest BCUT2D eigenvalue weighted by Crippen LogP contribution is 2.59. The summed E-state index contributed by atoms with van der Waals surface area (Å²) >= 11 is 0. The van der Waals surface area contributed by atoms with Crippen molar-refractivity contribution in [1.29, 1.82) is 0 Å². The minimum atomic E-state index is -1.17. The molecule has 256 valence electrons. The molecular formula is C40H56N2O5. The number of methoxy groups -OCH3 is 1. The Morgan fingerprint density at radius 1 is 1.02 bits per heavy atom. The van der Waals surface area contributed by atoms with Crippen molar-refractivity contribution in [2.45, 2.75) is 115 Å². The van der Waals surface area contributed by atoms with E-state index in [1.807, 2.05) is 30.3 Å². The van der Waals surface area contributed by atoms with Gasteiger partial charge in [0.15, 0.2) is 5.78 Å². The van der Waals surface area contributed by atoms with E-state index >= 15 is 0 Å². The molecule has 3 N–H and O–H groups in total. The number of nitrogens with one attached hydrogen (secondary N) is 1. The molecule has 0 radical (unpaired) electrons. The zero-order valence-electron chi connectivity index (χ0n) is 28.8. The molecule has 0 heterocycles. The number of carbonyl (C=O) groups excluding carboxylic acids is 2. The van der Waals surface area contributed by atoms with Gasteiger partial charge in [0.05, 0.1) is 18.2 Å². The van der Waals surface area contributed by atoms with Gasteiger partial charge in [0, 0.05) is 42.8 Å². The van der Waals surface area contributed by atoms with E-state index < -0.39 is 17.1 Å². The molecule has 0 aromatic heterocycles. The number of fused-ring (bicyclic) bond motifs is 8. The molecule has 2 bridgehead atoms. The van der Waals surface area contributed by atoms with Crippen molar-refractivity contribution >= 4 is 17.5 Å². The average Bonchev–Trinajstić information content (AvgIpc) is 3.32. The first kappa shape index (κ1) is 35.3. The Labute approximate surface area is 281 Å². The van der Waals surface area contributed by atoms with E-state index in [-0.39, 0.29) is 30.2 Å². The van der Waals surface area contributed by atoms with Crippen LogP contribution < -0.4 is 5.32 Å². The first-order valence-corrected chi connectivity index (χ1v) is 18.0. The molecule has 7 heteroatoms. The smallest absolute Gasteiger partial charge is 0.321 e. The lowest BCUT2D eigenvalue weighted by Crippen LogP contribution is -2.54. The highest BCUT2D eigenvalue weighted by atomic mass is 16.5. The maximum absolute atomic E-state index is 14.3. The Kier molecular flexibility index (Phi) is 12.0. The van der Waals surface area contributed by atoms with Gasteiger partial charge in [0.25, 0.3) is 0 Å². The predicted octanol–water partition coefficient (Wildman–Crippen LogP) is 8.06. The Bertz CT molecular complexity index is 1390. The van der Waals surface area contributed by atoms with Gasteiger partial charge in [-0.05, 0) is 106 Å². The fourth-order valence-electron chi connectivity index (χ4n) is 8.49. The highest BCUT2D eigenvalue weighted by molar-refractivity contribution is 5.99. The fourth-order valence-corrected chi connectivity index (χ4v) is 8.49. The maximum Gasteiger partial charge on any atom is 0.321 e. The Hall–Kier alpha value is -3.00. The summed E-state index contributed by atoms with van der Waals surface area (Å²) in [7, 11) is 1.66. The van der Waals surface area contributed by atoms with Gasteiger partial charge in [-0.15, -0.1) is 0 Å². The second-order valence-corrected chi connectivity index (χ2v) is 14.7. The number of para-hydroxylation sites is 1. The summed E-state index contributed by atoms with van der Waals surface area (Å²) in [5.41, 5.74) is 3.00. The average molecular weight is 645 g/mol. The lowest BCUT2D eigenvalue weighted by atomic mass is 9.64. The van der Waals surface area contributed by atoms with Gasteiger partial charge < -0.3 is 25.2 Å². The van der Waals surface area contributed by atoms with E-state index in [4.69, 9.17) is 4.74 Å². The van der Waals surface area contributed by atoms with E-state index in [1.54, 1.807) is 12.0 Å². The number of ether oxygens (including phenoxy) is 1. The van der Waals surface area contributed by atoms with E-state index in [1.165, 1.54) is 12.0 Å². The normalized spacial score (nSPS) is 27.0. The molecule has 4 unspecified atom stereocenters. The summed E-state index contributed by atoms with van der Waals surface area (Å²) in [6, 6.07) is 15.5. The van der Waals surface area contributed by atoms with Gasteiger partial charge in [0.2, 0.25) is 0 Å². The molecular weight excluding hydrogens is 588 g/mol. The van der Waals surface area contributed by atoms with Gasteiger partial charge in [-0.25, -0.2) is 4.79 Å². The van der Waals surface area contributed by atoms with Crippen LogP contribution in [0.25, 0.3) is 0 Å². The number of benzene rings is 2. The van der Waals surface area contributed by atoms with Crippen molar-refractivity contribution in [2.75, 3.05) is 32.1 Å². The maximum atomic E-state index is 14.3. The molecule has 4 aliphatic rings. The van der Waals surface area contributed by atoms with Crippen LogP contribution >= 0.6 is 0 Å². The largest absolute Gasteiger partial charge is 0.393 e. The zero-order chi connectivity index (χ0) is 33.4. The van der Waals surface area contributed by atoms with E-state index in [0.29, 0.717) is 44.5 Å². The molecule has 2 aromatic rings. The quantitative estimate of drug-likeness (QED) is 0.146. The summed E-state index contributed by atoms with van der Waals surface area (Å²) in [6.45, 7) is 5.48. The molecule has 7 nitrogen and oxygen atoms in total. The number of nitrogens with zero attached hydrogens (tertiary/aromatic N) is 1. The summed E-state index contributed by atoms with van der Waals surface area (Å²) < 4.78 is 5.33. The minimum absolute atomic E-state index is 0.0247. The van der Waals surface area contributed by atoms with Gasteiger partial charge in [-0.2, -0.15) is 0 Å². The van der Waals surface area contributed by atoms with Gasteiger partial charge in [0.1, 0.15) is 0 Å². The molecule has 2 saturated carbocycles. The van der Waals surface area contributed by atoms with Crippen LogP contribution in [-0.4, -0.2) is 65.4 Å². The number of aliphatic hydroxyl groups is 2. The Morgan fingerprint density at radius 3 is 2.53 bits per heavy atom. The molecule has 47 heavy (non-hydrogen) atoms. The van der Waals surface area contributed by atoms with Crippen LogP contribution in [0.3, 0.4) is 0 Å². The summed E-state index contributed by atoms with van der Waals surface area (Å²) in [5, 5.41) is 26.8. The first-order chi connectivity index (χ1) is 22.6. The predicted molar refractivity (Wildman–Crippen MR) is 188 cm³/mol. The standard InChI is InChI=1S/C40H56N2O5/c1-29-12-10-22-39(2)36(21-23-40(39,46)28-42(24-11-25-47-3)38(45)41-32-15-8-5-9-16-32)34-20-18-30(26-33(43)19-17-29)27-35(34)37(44)31-13-6-4-7-14-31/h5,8-9,12,15-16,18,20,27,31,33,36,43,46H,4,6-7,10-11,13-14,17,19,21-26,28H2,1-3H3,(H,41,45). The molecule has 2 amide bonds. The third kappa shape index (κ3) is 8.36. The SMILES string of the molecule is COCCCN(CC1(O)CCC2c3ccc(cc3C(=O)C3CCCCC3)CC(O)CCC(C)=CCCC21C)C(=O)Nc1ccccc1. The third-order valence-electron chi connectivity index (χ3n) is 11.5. The van der Waals surface area contributed by atoms with Gasteiger partial charge in [-0.1, -0.05) is 68.2 Å². The number of rotatable bonds is 9. The number of hydrogen-bond acceptors (Lipinski definition) is 5. The number of aliphatic hydroxyl groups excluding tert-OH is 1. The number of anilines is 1. The van der Waals surface area contributed by atoms with Crippen LogP contribution in [0.1, 0.15) is 118 Å². The van der Waals surface area contributed by atoms with Crippen molar-refractivity contribution in [3.8, 4) is 0 Å². The molecule has 4 atom stereocenters. The number of amides is 2. The second kappa shape index (κ2) is 15.9. The van der Waals surface area contributed by atoms with Gasteiger partial charge >= 0.3 is 6.03 Å². The van der Waals surface area contributed by atoms with Gasteiger partial charge in [-0.3, -0.25) is 4.79 Å².